The first-order valence-electron chi connectivity index (χ1n) is 10.8. The number of aryl methyl sites for hydroxylation is 2. The van der Waals surface area contributed by atoms with Gasteiger partial charge >= 0.3 is 0 Å². The number of likely N-dealkylation sites (tertiary alicyclic amines) is 1. The number of aromatic nitrogens is 1. The van der Waals surface area contributed by atoms with Crippen LogP contribution in [-0.2, 0) is 6.61 Å². The zero-order chi connectivity index (χ0) is 22.4. The summed E-state index contributed by atoms with van der Waals surface area (Å²) in [4.78, 5) is 15.2. The lowest BCUT2D eigenvalue weighted by atomic mass is 10.0. The monoisotopic (exact) mass is 427 g/mol. The van der Waals surface area contributed by atoms with Crippen LogP contribution in [0.5, 0.6) is 11.5 Å². The summed E-state index contributed by atoms with van der Waals surface area (Å²) in [5.41, 5.74) is 3.62. The molecule has 0 unspecified atom stereocenters. The van der Waals surface area contributed by atoms with Crippen LogP contribution in [-0.4, -0.2) is 48.7 Å². The first-order valence-corrected chi connectivity index (χ1v) is 10.8. The van der Waals surface area contributed by atoms with Gasteiger partial charge in [0.1, 0.15) is 12.4 Å². The van der Waals surface area contributed by atoms with Crippen molar-refractivity contribution >= 4 is 5.91 Å². The van der Waals surface area contributed by atoms with Crippen molar-refractivity contribution in [2.24, 2.45) is 0 Å². The maximum atomic E-state index is 12.8. The molecule has 0 radical (unpaired) electrons. The number of hydrogen-bond acceptors (Lipinski definition) is 6. The number of amides is 1. The molecule has 1 aliphatic rings. The quantitative estimate of drug-likeness (QED) is 0.641. The number of piperidine rings is 1. The Bertz CT molecular complexity index is 903. The van der Waals surface area contributed by atoms with E-state index >= 15 is 0 Å². The van der Waals surface area contributed by atoms with Crippen LogP contribution in [0.15, 0.2) is 34.4 Å². The number of rotatable bonds is 8. The third-order valence-corrected chi connectivity index (χ3v) is 5.66. The number of hydrogen-bond donors (Lipinski definition) is 1. The van der Waals surface area contributed by atoms with Crippen LogP contribution < -0.4 is 14.8 Å². The van der Waals surface area contributed by atoms with E-state index in [0.717, 1.165) is 49.5 Å². The summed E-state index contributed by atoms with van der Waals surface area (Å²) in [5.74, 6) is 1.75. The van der Waals surface area contributed by atoms with Crippen molar-refractivity contribution in [1.82, 2.24) is 15.4 Å². The number of nitrogens with one attached hydrogen (secondary N) is 1. The summed E-state index contributed by atoms with van der Waals surface area (Å²) < 4.78 is 16.5. The molecule has 1 N–H and O–H groups in total. The van der Waals surface area contributed by atoms with Gasteiger partial charge in [0.25, 0.3) is 5.91 Å². The molecule has 168 valence electrons. The summed E-state index contributed by atoms with van der Waals surface area (Å²) >= 11 is 0. The molecule has 1 aromatic carbocycles. The van der Waals surface area contributed by atoms with E-state index in [4.69, 9.17) is 14.0 Å². The summed E-state index contributed by atoms with van der Waals surface area (Å²) in [6, 6.07) is 5.46. The van der Waals surface area contributed by atoms with E-state index in [9.17, 15) is 4.79 Å². The minimum atomic E-state index is -0.0849. The van der Waals surface area contributed by atoms with E-state index in [1.165, 1.54) is 5.57 Å². The van der Waals surface area contributed by atoms with Gasteiger partial charge in [-0.2, -0.15) is 0 Å². The van der Waals surface area contributed by atoms with Crippen LogP contribution >= 0.6 is 0 Å². The van der Waals surface area contributed by atoms with Crippen LogP contribution in [0.1, 0.15) is 54.1 Å². The van der Waals surface area contributed by atoms with Crippen molar-refractivity contribution in [2.75, 3.05) is 26.7 Å². The molecule has 1 amide bonds. The number of carbonyl (C=O) groups excluding carboxylic acids is 1. The molecule has 1 fully saturated rings. The van der Waals surface area contributed by atoms with Gasteiger partial charge in [-0.15, -0.1) is 0 Å². The van der Waals surface area contributed by atoms with E-state index in [0.29, 0.717) is 23.7 Å². The Kier molecular flexibility index (Phi) is 7.74. The van der Waals surface area contributed by atoms with Crippen molar-refractivity contribution in [2.45, 2.75) is 53.2 Å². The van der Waals surface area contributed by atoms with E-state index in [2.05, 4.69) is 35.3 Å². The Morgan fingerprint density at radius 2 is 2.00 bits per heavy atom. The van der Waals surface area contributed by atoms with Crippen LogP contribution in [0.2, 0.25) is 0 Å². The van der Waals surface area contributed by atoms with Gasteiger partial charge in [0.15, 0.2) is 11.5 Å². The molecule has 0 aliphatic carbocycles. The molecular formula is C24H33N3O4. The number of allylic oxidation sites excluding steroid dienone is 1. The fourth-order valence-corrected chi connectivity index (χ4v) is 3.63. The molecule has 1 saturated heterocycles. The van der Waals surface area contributed by atoms with Crippen molar-refractivity contribution in [3.63, 3.8) is 0 Å². The van der Waals surface area contributed by atoms with Gasteiger partial charge in [-0.3, -0.25) is 9.69 Å². The number of benzene rings is 1. The Labute approximate surface area is 184 Å². The highest BCUT2D eigenvalue weighted by molar-refractivity contribution is 5.95. The molecule has 2 aromatic rings. The predicted octanol–water partition coefficient (Wildman–Crippen LogP) is 4.04. The van der Waals surface area contributed by atoms with Gasteiger partial charge in [0.2, 0.25) is 0 Å². The van der Waals surface area contributed by atoms with Crippen molar-refractivity contribution in [3.8, 4) is 11.5 Å². The largest absolute Gasteiger partial charge is 0.493 e. The molecule has 0 bridgehead atoms. The zero-order valence-corrected chi connectivity index (χ0v) is 19.2. The highest BCUT2D eigenvalue weighted by atomic mass is 16.5. The maximum absolute atomic E-state index is 12.8. The Hall–Kier alpha value is -2.80. The highest BCUT2D eigenvalue weighted by Gasteiger charge is 2.21. The SMILES string of the molecule is COc1cc(C(=O)NC2CCN(CC=C(C)C)CC2)ccc1OCc1c(C)noc1C. The van der Waals surface area contributed by atoms with Crippen molar-refractivity contribution in [3.05, 3.63) is 52.4 Å². The molecule has 31 heavy (non-hydrogen) atoms. The molecule has 0 spiro atoms. The second kappa shape index (κ2) is 10.5. The maximum Gasteiger partial charge on any atom is 0.251 e. The molecular weight excluding hydrogens is 394 g/mol. The molecule has 2 heterocycles. The average molecular weight is 428 g/mol. The third kappa shape index (κ3) is 6.10. The molecule has 0 saturated carbocycles. The standard InChI is InChI=1S/C24H33N3O4/c1-16(2)8-11-27-12-9-20(10-13-27)25-24(28)19-6-7-22(23(14-19)29-5)30-15-21-17(3)26-31-18(21)4/h6-8,14,20H,9-13,15H2,1-5H3,(H,25,28). The molecule has 3 rings (SSSR count). The minimum Gasteiger partial charge on any atom is -0.493 e. The Morgan fingerprint density at radius 3 is 2.61 bits per heavy atom. The molecule has 0 atom stereocenters. The highest BCUT2D eigenvalue weighted by Crippen LogP contribution is 2.29. The van der Waals surface area contributed by atoms with Gasteiger partial charge in [-0.05, 0) is 58.7 Å². The first kappa shape index (κ1) is 22.9. The van der Waals surface area contributed by atoms with Crippen LogP contribution in [0.4, 0.5) is 0 Å². The lowest BCUT2D eigenvalue weighted by molar-refractivity contribution is 0.0913. The normalized spacial score (nSPS) is 14.9. The number of methoxy groups -OCH3 is 1. The molecule has 7 nitrogen and oxygen atoms in total. The van der Waals surface area contributed by atoms with Crippen molar-refractivity contribution < 1.29 is 18.8 Å². The third-order valence-electron chi connectivity index (χ3n) is 5.66. The van der Waals surface area contributed by atoms with E-state index < -0.39 is 0 Å². The first-order chi connectivity index (χ1) is 14.9. The summed E-state index contributed by atoms with van der Waals surface area (Å²) in [6.45, 7) is 11.3. The smallest absolute Gasteiger partial charge is 0.251 e. The van der Waals surface area contributed by atoms with Crippen LogP contribution in [0, 0.1) is 13.8 Å². The van der Waals surface area contributed by atoms with Gasteiger partial charge in [0, 0.05) is 31.2 Å². The number of carbonyl (C=O) groups is 1. The number of nitrogens with zero attached hydrogens (tertiary/aromatic N) is 2. The summed E-state index contributed by atoms with van der Waals surface area (Å²) in [7, 11) is 1.57. The van der Waals surface area contributed by atoms with E-state index in [-0.39, 0.29) is 11.9 Å². The zero-order valence-electron chi connectivity index (χ0n) is 19.2. The lowest BCUT2D eigenvalue weighted by Crippen LogP contribution is -2.44. The van der Waals surface area contributed by atoms with E-state index in [1.807, 2.05) is 13.8 Å². The van der Waals surface area contributed by atoms with Gasteiger partial charge in [-0.25, -0.2) is 0 Å². The van der Waals surface area contributed by atoms with Crippen LogP contribution in [0.25, 0.3) is 0 Å². The summed E-state index contributed by atoms with van der Waals surface area (Å²) in [6.07, 6.45) is 4.16. The average Bonchev–Trinajstić information content (AvgIpc) is 3.08. The molecule has 1 aliphatic heterocycles. The van der Waals surface area contributed by atoms with Crippen molar-refractivity contribution in [1.29, 1.82) is 0 Å². The van der Waals surface area contributed by atoms with Gasteiger partial charge in [-0.1, -0.05) is 16.8 Å². The summed E-state index contributed by atoms with van der Waals surface area (Å²) in [5, 5.41) is 7.10. The molecule has 1 aromatic heterocycles. The van der Waals surface area contributed by atoms with E-state index in [1.54, 1.807) is 25.3 Å². The van der Waals surface area contributed by atoms with Crippen LogP contribution in [0.3, 0.4) is 0 Å². The second-order valence-corrected chi connectivity index (χ2v) is 8.29. The number of ether oxygens (including phenoxy) is 2. The fraction of sp³-hybridized carbons (Fsp3) is 0.500. The topological polar surface area (TPSA) is 76.8 Å². The lowest BCUT2D eigenvalue weighted by Gasteiger charge is -2.31. The Balaban J connectivity index is 1.56. The van der Waals surface area contributed by atoms with Gasteiger partial charge in [0.05, 0.1) is 18.4 Å². The fourth-order valence-electron chi connectivity index (χ4n) is 3.63. The minimum absolute atomic E-state index is 0.0849. The molecule has 7 heteroatoms. The Morgan fingerprint density at radius 1 is 1.26 bits per heavy atom. The van der Waals surface area contributed by atoms with Gasteiger partial charge < -0.3 is 19.3 Å². The predicted molar refractivity (Wildman–Crippen MR) is 120 cm³/mol. The second-order valence-electron chi connectivity index (χ2n) is 8.29.